The van der Waals surface area contributed by atoms with E-state index in [9.17, 15) is 5.11 Å². The smallest absolute Gasteiger partial charge is 0.266 e. The lowest BCUT2D eigenvalue weighted by atomic mass is 10.0. The summed E-state index contributed by atoms with van der Waals surface area (Å²) in [6, 6.07) is 0. The summed E-state index contributed by atoms with van der Waals surface area (Å²) in [4.78, 5) is 6.36. The maximum absolute atomic E-state index is 9.74. The fraction of sp³-hybridized carbons (Fsp3) is 0.818. The summed E-state index contributed by atoms with van der Waals surface area (Å²) in [7, 11) is 0. The number of aliphatic hydroxyl groups is 1. The Morgan fingerprint density at radius 1 is 1.41 bits per heavy atom. The Labute approximate surface area is 101 Å². The molecule has 0 amide bonds. The first-order valence-corrected chi connectivity index (χ1v) is 6.06. The van der Waals surface area contributed by atoms with E-state index in [2.05, 4.69) is 10.1 Å². The van der Waals surface area contributed by atoms with Gasteiger partial charge in [-0.1, -0.05) is 13.8 Å². The first kappa shape index (κ1) is 12.3. The zero-order chi connectivity index (χ0) is 12.3. The molecule has 2 unspecified atom stereocenters. The third kappa shape index (κ3) is 2.76. The van der Waals surface area contributed by atoms with Crippen LogP contribution in [-0.4, -0.2) is 47.7 Å². The Bertz CT molecular complexity index is 333. The molecule has 96 valence electrons. The lowest BCUT2D eigenvalue weighted by Crippen LogP contribution is -2.36. The van der Waals surface area contributed by atoms with Gasteiger partial charge in [-0.05, 0) is 11.6 Å². The van der Waals surface area contributed by atoms with E-state index in [1.807, 2.05) is 18.7 Å². The highest BCUT2D eigenvalue weighted by Gasteiger charge is 2.23. The fourth-order valence-corrected chi connectivity index (χ4v) is 1.82. The lowest BCUT2D eigenvalue weighted by Gasteiger charge is -2.24. The SMILES string of the molecule is CCC(O)C(C)c1nc(N2CCOCC2)no1. The van der Waals surface area contributed by atoms with Crippen molar-refractivity contribution < 1.29 is 14.4 Å². The molecule has 2 heterocycles. The van der Waals surface area contributed by atoms with E-state index in [1.54, 1.807) is 0 Å². The first-order valence-electron chi connectivity index (χ1n) is 6.06. The average Bonchev–Trinajstić information content (AvgIpc) is 2.87. The second-order valence-corrected chi connectivity index (χ2v) is 4.30. The van der Waals surface area contributed by atoms with Crippen LogP contribution in [-0.2, 0) is 4.74 Å². The third-order valence-electron chi connectivity index (χ3n) is 3.11. The maximum atomic E-state index is 9.74. The molecule has 1 aromatic rings. The lowest BCUT2D eigenvalue weighted by molar-refractivity contribution is 0.121. The van der Waals surface area contributed by atoms with Crippen LogP contribution in [0.4, 0.5) is 5.95 Å². The molecule has 1 aliphatic rings. The zero-order valence-corrected chi connectivity index (χ0v) is 10.3. The van der Waals surface area contributed by atoms with Crippen LogP contribution in [0.25, 0.3) is 0 Å². The van der Waals surface area contributed by atoms with Gasteiger partial charge in [0.05, 0.1) is 25.2 Å². The van der Waals surface area contributed by atoms with Gasteiger partial charge in [0.25, 0.3) is 5.95 Å². The molecule has 1 N–H and O–H groups in total. The highest BCUT2D eigenvalue weighted by Crippen LogP contribution is 2.21. The van der Waals surface area contributed by atoms with Crippen molar-refractivity contribution in [3.63, 3.8) is 0 Å². The molecule has 0 bridgehead atoms. The number of ether oxygens (including phenoxy) is 1. The van der Waals surface area contributed by atoms with Gasteiger partial charge in [-0.25, -0.2) is 0 Å². The van der Waals surface area contributed by atoms with Crippen molar-refractivity contribution in [2.75, 3.05) is 31.2 Å². The van der Waals surface area contributed by atoms with Gasteiger partial charge in [-0.15, -0.1) is 0 Å². The Kier molecular flexibility index (Phi) is 3.96. The number of aliphatic hydroxyl groups excluding tert-OH is 1. The van der Waals surface area contributed by atoms with E-state index in [1.165, 1.54) is 0 Å². The second kappa shape index (κ2) is 5.46. The second-order valence-electron chi connectivity index (χ2n) is 4.30. The van der Waals surface area contributed by atoms with E-state index in [0.717, 1.165) is 13.1 Å². The number of rotatable bonds is 4. The predicted octanol–water partition coefficient (Wildman–Crippen LogP) is 0.781. The van der Waals surface area contributed by atoms with Gasteiger partial charge in [0.2, 0.25) is 5.89 Å². The van der Waals surface area contributed by atoms with Crippen LogP contribution in [0, 0.1) is 0 Å². The van der Waals surface area contributed by atoms with Gasteiger partial charge in [0.15, 0.2) is 0 Å². The minimum atomic E-state index is -0.437. The molecule has 1 aliphatic heterocycles. The summed E-state index contributed by atoms with van der Waals surface area (Å²) in [5.74, 6) is 0.974. The molecule has 1 fully saturated rings. The molecular formula is C11H19N3O3. The first-order chi connectivity index (χ1) is 8.22. The Hall–Kier alpha value is -1.14. The summed E-state index contributed by atoms with van der Waals surface area (Å²) >= 11 is 0. The summed E-state index contributed by atoms with van der Waals surface area (Å²) in [6.07, 6.45) is 0.240. The van der Waals surface area contributed by atoms with Crippen molar-refractivity contribution in [3.05, 3.63) is 5.89 Å². The largest absolute Gasteiger partial charge is 0.392 e. The van der Waals surface area contributed by atoms with Crippen LogP contribution in [0.2, 0.25) is 0 Å². The van der Waals surface area contributed by atoms with Crippen molar-refractivity contribution in [1.29, 1.82) is 0 Å². The number of aromatic nitrogens is 2. The molecule has 0 radical (unpaired) electrons. The van der Waals surface area contributed by atoms with E-state index in [4.69, 9.17) is 9.26 Å². The molecule has 1 aromatic heterocycles. The summed E-state index contributed by atoms with van der Waals surface area (Å²) in [5, 5.41) is 13.7. The van der Waals surface area contributed by atoms with E-state index in [0.29, 0.717) is 31.5 Å². The minimum Gasteiger partial charge on any atom is -0.392 e. The minimum absolute atomic E-state index is 0.123. The normalized spacial score (nSPS) is 20.3. The van der Waals surface area contributed by atoms with Gasteiger partial charge in [0, 0.05) is 13.1 Å². The van der Waals surface area contributed by atoms with Gasteiger partial charge in [0.1, 0.15) is 0 Å². The summed E-state index contributed by atoms with van der Waals surface area (Å²) < 4.78 is 10.5. The molecule has 0 spiro atoms. The molecule has 2 rings (SSSR count). The van der Waals surface area contributed by atoms with E-state index < -0.39 is 6.10 Å². The predicted molar refractivity (Wildman–Crippen MR) is 62.0 cm³/mol. The molecule has 6 nitrogen and oxygen atoms in total. The molecular weight excluding hydrogens is 222 g/mol. The van der Waals surface area contributed by atoms with Crippen molar-refractivity contribution >= 4 is 5.95 Å². The third-order valence-corrected chi connectivity index (χ3v) is 3.11. The fourth-order valence-electron chi connectivity index (χ4n) is 1.82. The van der Waals surface area contributed by atoms with Crippen LogP contribution in [0.5, 0.6) is 0 Å². The average molecular weight is 241 g/mol. The molecule has 0 aromatic carbocycles. The van der Waals surface area contributed by atoms with Crippen molar-refractivity contribution in [3.8, 4) is 0 Å². The van der Waals surface area contributed by atoms with Gasteiger partial charge >= 0.3 is 0 Å². The van der Waals surface area contributed by atoms with Crippen molar-refractivity contribution in [2.45, 2.75) is 32.3 Å². The molecule has 1 saturated heterocycles. The molecule has 0 saturated carbocycles. The molecule has 2 atom stereocenters. The summed E-state index contributed by atoms with van der Waals surface area (Å²) in [5.41, 5.74) is 0. The Morgan fingerprint density at radius 3 is 2.76 bits per heavy atom. The number of hydrogen-bond acceptors (Lipinski definition) is 6. The maximum Gasteiger partial charge on any atom is 0.266 e. The van der Waals surface area contributed by atoms with Crippen molar-refractivity contribution in [2.24, 2.45) is 0 Å². The molecule has 6 heteroatoms. The highest BCUT2D eigenvalue weighted by atomic mass is 16.5. The molecule has 0 aliphatic carbocycles. The van der Waals surface area contributed by atoms with Gasteiger partial charge < -0.3 is 19.3 Å². The number of nitrogens with zero attached hydrogens (tertiary/aromatic N) is 3. The van der Waals surface area contributed by atoms with E-state index in [-0.39, 0.29) is 5.92 Å². The highest BCUT2D eigenvalue weighted by molar-refractivity contribution is 5.28. The number of hydrogen-bond donors (Lipinski definition) is 1. The summed E-state index contributed by atoms with van der Waals surface area (Å²) in [6.45, 7) is 6.77. The monoisotopic (exact) mass is 241 g/mol. The van der Waals surface area contributed by atoms with Crippen molar-refractivity contribution in [1.82, 2.24) is 10.1 Å². The van der Waals surface area contributed by atoms with Gasteiger partial charge in [-0.3, -0.25) is 0 Å². The molecule has 17 heavy (non-hydrogen) atoms. The quantitative estimate of drug-likeness (QED) is 0.840. The van der Waals surface area contributed by atoms with Crippen LogP contribution < -0.4 is 4.90 Å². The number of anilines is 1. The number of morpholine rings is 1. The topological polar surface area (TPSA) is 71.6 Å². The zero-order valence-electron chi connectivity index (χ0n) is 10.3. The van der Waals surface area contributed by atoms with Crippen LogP contribution in [0.3, 0.4) is 0 Å². The standard InChI is InChI=1S/C11H19N3O3/c1-3-9(15)8(2)10-12-11(13-17-10)14-4-6-16-7-5-14/h8-9,15H,3-7H2,1-2H3. The Balaban J connectivity index is 2.04. The van der Waals surface area contributed by atoms with E-state index >= 15 is 0 Å². The van der Waals surface area contributed by atoms with Crippen LogP contribution >= 0.6 is 0 Å². The Morgan fingerprint density at radius 2 is 2.12 bits per heavy atom. The van der Waals surface area contributed by atoms with Gasteiger partial charge in [-0.2, -0.15) is 4.98 Å². The van der Waals surface area contributed by atoms with Crippen LogP contribution in [0.15, 0.2) is 4.52 Å². The van der Waals surface area contributed by atoms with Crippen LogP contribution in [0.1, 0.15) is 32.1 Å².